The minimum Gasteiger partial charge on any atom is -0.346 e. The number of hydrogen-bond acceptors (Lipinski definition) is 3. The quantitative estimate of drug-likeness (QED) is 0.823. The standard InChI is InChI=1S/C15H22F3N3OS/c1-9-10(2)21(12-6-4-5-7-12)14(20-9)23-11(3)13(22)19-8-15(16,17)18/h11-12H,4-8H2,1-3H3,(H,19,22)/t11-/m1/s1. The number of rotatable bonds is 5. The molecule has 1 heterocycles. The molecule has 0 radical (unpaired) electrons. The summed E-state index contributed by atoms with van der Waals surface area (Å²) >= 11 is 1.22. The summed E-state index contributed by atoms with van der Waals surface area (Å²) in [5.74, 6) is -0.622. The highest BCUT2D eigenvalue weighted by molar-refractivity contribution is 8.00. The number of nitrogens with one attached hydrogen (secondary N) is 1. The lowest BCUT2D eigenvalue weighted by Gasteiger charge is -2.19. The molecule has 4 nitrogen and oxygen atoms in total. The molecule has 1 aliphatic rings. The minimum absolute atomic E-state index is 0.379. The second-order valence-corrected chi connectivity index (χ2v) is 7.27. The Morgan fingerprint density at radius 1 is 1.39 bits per heavy atom. The van der Waals surface area contributed by atoms with Crippen LogP contribution in [0.2, 0.25) is 0 Å². The van der Waals surface area contributed by atoms with Crippen LogP contribution < -0.4 is 5.32 Å². The van der Waals surface area contributed by atoms with Gasteiger partial charge in [0.15, 0.2) is 5.16 Å². The molecule has 1 aliphatic carbocycles. The summed E-state index contributed by atoms with van der Waals surface area (Å²) in [4.78, 5) is 16.4. The Morgan fingerprint density at radius 2 is 2.00 bits per heavy atom. The summed E-state index contributed by atoms with van der Waals surface area (Å²) in [6.45, 7) is 4.22. The predicted octanol–water partition coefficient (Wildman–Crippen LogP) is 3.77. The fourth-order valence-corrected chi connectivity index (χ4v) is 3.91. The van der Waals surface area contributed by atoms with Gasteiger partial charge in [0, 0.05) is 11.7 Å². The van der Waals surface area contributed by atoms with Crippen LogP contribution in [0.1, 0.15) is 50.0 Å². The Morgan fingerprint density at radius 3 is 2.57 bits per heavy atom. The van der Waals surface area contributed by atoms with Crippen LogP contribution in [0.5, 0.6) is 0 Å². The number of imidazole rings is 1. The van der Waals surface area contributed by atoms with Gasteiger partial charge in [-0.25, -0.2) is 4.98 Å². The molecule has 1 aromatic heterocycles. The van der Waals surface area contributed by atoms with E-state index in [0.29, 0.717) is 6.04 Å². The normalized spacial score (nSPS) is 17.5. The second-order valence-electron chi connectivity index (χ2n) is 5.97. The summed E-state index contributed by atoms with van der Waals surface area (Å²) in [6.07, 6.45) is 0.118. The molecule has 0 unspecified atom stereocenters. The van der Waals surface area contributed by atoms with Crippen molar-refractivity contribution in [3.63, 3.8) is 0 Å². The number of carbonyl (C=O) groups is 1. The maximum Gasteiger partial charge on any atom is 0.405 e. The van der Waals surface area contributed by atoms with Crippen LogP contribution in [-0.4, -0.2) is 33.4 Å². The first-order valence-corrected chi connectivity index (χ1v) is 8.63. The Labute approximate surface area is 138 Å². The van der Waals surface area contributed by atoms with Crippen molar-refractivity contribution in [2.75, 3.05) is 6.54 Å². The zero-order chi connectivity index (χ0) is 17.2. The number of nitrogens with zero attached hydrogens (tertiary/aromatic N) is 2. The highest BCUT2D eigenvalue weighted by atomic mass is 32.2. The second kappa shape index (κ2) is 7.15. The van der Waals surface area contributed by atoms with Crippen LogP contribution >= 0.6 is 11.8 Å². The number of amides is 1. The highest BCUT2D eigenvalue weighted by Gasteiger charge is 2.30. The molecule has 0 aromatic carbocycles. The molecule has 2 rings (SSSR count). The van der Waals surface area contributed by atoms with Gasteiger partial charge in [0.2, 0.25) is 5.91 Å². The van der Waals surface area contributed by atoms with E-state index in [2.05, 4.69) is 9.55 Å². The Hall–Kier alpha value is -1.18. The number of halogens is 3. The van der Waals surface area contributed by atoms with Crippen molar-refractivity contribution in [1.82, 2.24) is 14.9 Å². The highest BCUT2D eigenvalue weighted by Crippen LogP contribution is 2.36. The van der Waals surface area contributed by atoms with E-state index in [-0.39, 0.29) is 0 Å². The van der Waals surface area contributed by atoms with Crippen molar-refractivity contribution < 1.29 is 18.0 Å². The summed E-state index contributed by atoms with van der Waals surface area (Å²) in [5, 5.41) is 2.03. The number of carbonyl (C=O) groups excluding carboxylic acids is 1. The van der Waals surface area contributed by atoms with E-state index in [1.807, 2.05) is 19.2 Å². The molecule has 1 N–H and O–H groups in total. The molecule has 130 valence electrons. The van der Waals surface area contributed by atoms with Gasteiger partial charge in [0.05, 0.1) is 10.9 Å². The van der Waals surface area contributed by atoms with Gasteiger partial charge >= 0.3 is 6.18 Å². The van der Waals surface area contributed by atoms with E-state index in [1.165, 1.54) is 24.6 Å². The van der Waals surface area contributed by atoms with Crippen molar-refractivity contribution >= 4 is 17.7 Å². The molecule has 0 aliphatic heterocycles. The molecule has 0 spiro atoms. The molecule has 0 bridgehead atoms. The van der Waals surface area contributed by atoms with E-state index in [1.54, 1.807) is 6.92 Å². The summed E-state index contributed by atoms with van der Waals surface area (Å²) in [5.41, 5.74) is 1.98. The van der Waals surface area contributed by atoms with E-state index in [0.717, 1.165) is 29.4 Å². The fourth-order valence-electron chi connectivity index (χ4n) is 2.81. The third-order valence-corrected chi connectivity index (χ3v) is 5.23. The summed E-state index contributed by atoms with van der Waals surface area (Å²) in [7, 11) is 0. The van der Waals surface area contributed by atoms with Gasteiger partial charge in [0.1, 0.15) is 6.54 Å². The molecular formula is C15H22F3N3OS. The molecule has 23 heavy (non-hydrogen) atoms. The Bertz CT molecular complexity index is 565. The van der Waals surface area contributed by atoms with Crippen LogP contribution in [0.3, 0.4) is 0 Å². The van der Waals surface area contributed by atoms with E-state index < -0.39 is 23.9 Å². The number of aromatic nitrogens is 2. The van der Waals surface area contributed by atoms with Crippen LogP contribution in [0, 0.1) is 13.8 Å². The number of hydrogen-bond donors (Lipinski definition) is 1. The van der Waals surface area contributed by atoms with Gasteiger partial charge in [-0.3, -0.25) is 4.79 Å². The zero-order valence-corrected chi connectivity index (χ0v) is 14.4. The van der Waals surface area contributed by atoms with Crippen LogP contribution in [0.25, 0.3) is 0 Å². The minimum atomic E-state index is -4.39. The van der Waals surface area contributed by atoms with Gasteiger partial charge in [0.25, 0.3) is 0 Å². The zero-order valence-electron chi connectivity index (χ0n) is 13.5. The van der Waals surface area contributed by atoms with Gasteiger partial charge < -0.3 is 9.88 Å². The average Bonchev–Trinajstić information content (AvgIpc) is 3.05. The first-order chi connectivity index (χ1) is 10.7. The van der Waals surface area contributed by atoms with Gasteiger partial charge in [-0.1, -0.05) is 24.6 Å². The summed E-state index contributed by atoms with van der Waals surface area (Å²) in [6, 6.07) is 0.379. The maximum absolute atomic E-state index is 12.2. The van der Waals surface area contributed by atoms with E-state index >= 15 is 0 Å². The van der Waals surface area contributed by atoms with Crippen LogP contribution in [0.4, 0.5) is 13.2 Å². The van der Waals surface area contributed by atoms with Gasteiger partial charge in [-0.2, -0.15) is 13.2 Å². The van der Waals surface area contributed by atoms with Gasteiger partial charge in [-0.15, -0.1) is 0 Å². The monoisotopic (exact) mass is 349 g/mol. The SMILES string of the molecule is Cc1nc(S[C@H](C)C(=O)NCC(F)(F)F)n(C2CCCC2)c1C. The maximum atomic E-state index is 12.2. The number of aryl methyl sites for hydroxylation is 1. The van der Waals surface area contributed by atoms with Crippen molar-refractivity contribution in [2.45, 2.75) is 69.1 Å². The third kappa shape index (κ3) is 4.65. The van der Waals surface area contributed by atoms with Crippen molar-refractivity contribution in [2.24, 2.45) is 0 Å². The largest absolute Gasteiger partial charge is 0.405 e. The number of thioether (sulfide) groups is 1. The van der Waals surface area contributed by atoms with Crippen LogP contribution in [0.15, 0.2) is 5.16 Å². The van der Waals surface area contributed by atoms with Crippen molar-refractivity contribution in [3.8, 4) is 0 Å². The first kappa shape index (κ1) is 18.2. The third-order valence-electron chi connectivity index (χ3n) is 4.16. The molecule has 8 heteroatoms. The lowest BCUT2D eigenvalue weighted by atomic mass is 10.2. The topological polar surface area (TPSA) is 46.9 Å². The van der Waals surface area contributed by atoms with Crippen molar-refractivity contribution in [3.05, 3.63) is 11.4 Å². The van der Waals surface area contributed by atoms with Crippen molar-refractivity contribution in [1.29, 1.82) is 0 Å². The van der Waals surface area contributed by atoms with E-state index in [9.17, 15) is 18.0 Å². The molecule has 1 aromatic rings. The molecule has 1 fully saturated rings. The Kier molecular flexibility index (Phi) is 5.65. The smallest absolute Gasteiger partial charge is 0.346 e. The molecular weight excluding hydrogens is 327 g/mol. The van der Waals surface area contributed by atoms with E-state index in [4.69, 9.17) is 0 Å². The molecule has 1 atom stereocenters. The molecule has 1 amide bonds. The van der Waals surface area contributed by atoms with Crippen LogP contribution in [-0.2, 0) is 4.79 Å². The van der Waals surface area contributed by atoms with Gasteiger partial charge in [-0.05, 0) is 33.6 Å². The lowest BCUT2D eigenvalue weighted by molar-refractivity contribution is -0.137. The summed E-state index contributed by atoms with van der Waals surface area (Å²) < 4.78 is 38.7. The predicted molar refractivity (Wildman–Crippen MR) is 83.6 cm³/mol. The fraction of sp³-hybridized carbons (Fsp3) is 0.733. The number of alkyl halides is 3. The molecule has 0 saturated heterocycles. The molecule has 1 saturated carbocycles. The first-order valence-electron chi connectivity index (χ1n) is 7.75. The Balaban J connectivity index is 2.07. The lowest BCUT2D eigenvalue weighted by Crippen LogP contribution is -2.38. The average molecular weight is 349 g/mol.